The number of halogens is 3. The summed E-state index contributed by atoms with van der Waals surface area (Å²) in [4.78, 5) is 10.4. The molecule has 20 heavy (non-hydrogen) atoms. The lowest BCUT2D eigenvalue weighted by Crippen LogP contribution is -2.60. The highest BCUT2D eigenvalue weighted by Gasteiger charge is 2.11. The lowest BCUT2D eigenvalue weighted by Gasteiger charge is -2.16. The first-order valence-electron chi connectivity index (χ1n) is 5.65. The lowest BCUT2D eigenvalue weighted by molar-refractivity contribution is -0.419. The van der Waals surface area contributed by atoms with Crippen molar-refractivity contribution in [2.75, 3.05) is 6.61 Å². The number of aliphatic carboxylic acids is 1. The molecule has 0 saturated carbocycles. The molecule has 8 heteroatoms. The summed E-state index contributed by atoms with van der Waals surface area (Å²) in [7, 11) is 0. The van der Waals surface area contributed by atoms with Crippen LogP contribution in [0.5, 0.6) is 5.75 Å². The molecule has 5 nitrogen and oxygen atoms in total. The number of hydrogen-bond acceptors (Lipinski definition) is 4. The van der Waals surface area contributed by atoms with E-state index in [1.54, 1.807) is 0 Å². The van der Waals surface area contributed by atoms with E-state index in [4.69, 9.17) is 44.6 Å². The van der Waals surface area contributed by atoms with Crippen LogP contribution in [0.25, 0.3) is 0 Å². The fourth-order valence-corrected chi connectivity index (χ4v) is 1.41. The fraction of sp³-hybridized carbons (Fsp3) is 0.417. The van der Waals surface area contributed by atoms with Crippen molar-refractivity contribution in [3.05, 3.63) is 27.2 Å². The van der Waals surface area contributed by atoms with Gasteiger partial charge in [-0.15, -0.1) is 0 Å². The molecular weight excluding hydrogens is 328 g/mol. The van der Waals surface area contributed by atoms with E-state index in [2.05, 4.69) is 5.73 Å². The van der Waals surface area contributed by atoms with Gasteiger partial charge in [-0.2, -0.15) is 0 Å². The van der Waals surface area contributed by atoms with Gasteiger partial charge in [-0.3, -0.25) is 0 Å². The monoisotopic (exact) mass is 343 g/mol. The fourth-order valence-electron chi connectivity index (χ4n) is 0.833. The summed E-state index contributed by atoms with van der Waals surface area (Å²) in [6.07, 6.45) is -1.11. The van der Waals surface area contributed by atoms with Gasteiger partial charge in [0.1, 0.15) is 17.9 Å². The van der Waals surface area contributed by atoms with Gasteiger partial charge in [-0.1, -0.05) is 34.8 Å². The van der Waals surface area contributed by atoms with Crippen LogP contribution in [-0.2, 0) is 4.79 Å². The van der Waals surface area contributed by atoms with Gasteiger partial charge in [0, 0.05) is 6.07 Å². The number of rotatable bonds is 4. The first-order valence-corrected chi connectivity index (χ1v) is 6.78. The van der Waals surface area contributed by atoms with E-state index >= 15 is 0 Å². The normalized spacial score (nSPS) is 12.9. The summed E-state index contributed by atoms with van der Waals surface area (Å²) in [5.41, 5.74) is 3.51. The van der Waals surface area contributed by atoms with Crippen molar-refractivity contribution >= 4 is 40.8 Å². The maximum atomic E-state index is 10.4. The second kappa shape index (κ2) is 9.26. The van der Waals surface area contributed by atoms with Crippen molar-refractivity contribution in [1.82, 2.24) is 0 Å². The predicted molar refractivity (Wildman–Crippen MR) is 76.0 cm³/mol. The van der Waals surface area contributed by atoms with Crippen LogP contribution in [0.3, 0.4) is 0 Å². The molecule has 0 spiro atoms. The molecule has 0 bridgehead atoms. The molecule has 0 radical (unpaired) electrons. The molecule has 1 rings (SSSR count). The standard InChI is InChI=1S/C9H7Cl3O3.C3H9NO/c1-4(9(13)14)15-8-3-6(11)5(10)2-7(8)12;1-3(4)2-5/h2-4H,1H3,(H,13,14);3,5H,2,4H2,1H3. The molecule has 1 aromatic carbocycles. The van der Waals surface area contributed by atoms with Crippen molar-refractivity contribution < 1.29 is 25.5 Å². The molecule has 0 heterocycles. The minimum Gasteiger partial charge on any atom is -0.546 e. The maximum Gasteiger partial charge on any atom is 0.140 e. The van der Waals surface area contributed by atoms with Crippen molar-refractivity contribution in [1.29, 1.82) is 0 Å². The Morgan fingerprint density at radius 1 is 1.30 bits per heavy atom. The van der Waals surface area contributed by atoms with Crippen LogP contribution < -0.4 is 15.6 Å². The zero-order valence-corrected chi connectivity index (χ0v) is 13.3. The number of hydrogen-bond donors (Lipinski definition) is 2. The van der Waals surface area contributed by atoms with Gasteiger partial charge >= 0.3 is 0 Å². The molecule has 1 aromatic rings. The third-order valence-electron chi connectivity index (χ3n) is 1.92. The topological polar surface area (TPSA) is 97.2 Å². The third-order valence-corrected chi connectivity index (χ3v) is 2.94. The molecule has 4 N–H and O–H groups in total. The Morgan fingerprint density at radius 2 is 1.75 bits per heavy atom. The Hall–Kier alpha value is -0.720. The Morgan fingerprint density at radius 3 is 2.15 bits per heavy atom. The van der Waals surface area contributed by atoms with Crippen LogP contribution in [0.15, 0.2) is 12.1 Å². The van der Waals surface area contributed by atoms with E-state index in [1.807, 2.05) is 6.92 Å². The lowest BCUT2D eigenvalue weighted by atomic mass is 10.3. The number of carboxylic acids is 1. The molecule has 2 unspecified atom stereocenters. The summed E-state index contributed by atoms with van der Waals surface area (Å²) < 4.78 is 5.01. The number of ether oxygens (including phenoxy) is 1. The predicted octanol–water partition coefficient (Wildman–Crippen LogP) is 0.773. The average Bonchev–Trinajstić information content (AvgIpc) is 2.36. The highest BCUT2D eigenvalue weighted by Crippen LogP contribution is 2.34. The second-order valence-electron chi connectivity index (χ2n) is 4.06. The summed E-state index contributed by atoms with van der Waals surface area (Å²) in [5, 5.41) is 19.2. The number of quaternary nitrogens is 1. The van der Waals surface area contributed by atoms with Crippen LogP contribution in [0.4, 0.5) is 0 Å². The first-order chi connectivity index (χ1) is 9.18. The number of carbonyl (C=O) groups is 1. The van der Waals surface area contributed by atoms with Crippen LogP contribution in [0.1, 0.15) is 13.8 Å². The zero-order valence-electron chi connectivity index (χ0n) is 11.0. The summed E-state index contributed by atoms with van der Waals surface area (Å²) in [6.45, 7) is 3.38. The van der Waals surface area contributed by atoms with E-state index in [-0.39, 0.29) is 33.5 Å². The molecule has 0 aromatic heterocycles. The number of carbonyl (C=O) groups excluding carboxylic acids is 1. The smallest absolute Gasteiger partial charge is 0.140 e. The zero-order chi connectivity index (χ0) is 15.9. The van der Waals surface area contributed by atoms with Crippen molar-refractivity contribution in [3.8, 4) is 5.75 Å². The minimum atomic E-state index is -1.34. The van der Waals surface area contributed by atoms with Crippen molar-refractivity contribution in [2.45, 2.75) is 26.0 Å². The van der Waals surface area contributed by atoms with Crippen molar-refractivity contribution in [3.63, 3.8) is 0 Å². The number of carboxylic acid groups (broad SMARTS) is 1. The second-order valence-corrected chi connectivity index (χ2v) is 5.29. The summed E-state index contributed by atoms with van der Waals surface area (Å²) in [5.74, 6) is -1.18. The van der Waals surface area contributed by atoms with E-state index < -0.39 is 12.1 Å². The van der Waals surface area contributed by atoms with Gasteiger partial charge in [0.25, 0.3) is 0 Å². The van der Waals surface area contributed by atoms with Crippen LogP contribution >= 0.6 is 34.8 Å². The van der Waals surface area contributed by atoms with Gasteiger partial charge in [0.15, 0.2) is 0 Å². The molecule has 114 valence electrons. The van der Waals surface area contributed by atoms with E-state index in [1.165, 1.54) is 19.1 Å². The van der Waals surface area contributed by atoms with E-state index in [9.17, 15) is 9.90 Å². The molecule has 0 fully saturated rings. The van der Waals surface area contributed by atoms with Crippen LogP contribution in [-0.4, -0.2) is 29.8 Å². The van der Waals surface area contributed by atoms with Crippen molar-refractivity contribution in [2.24, 2.45) is 0 Å². The Balaban J connectivity index is 0.000000621. The largest absolute Gasteiger partial charge is 0.546 e. The number of aliphatic hydroxyl groups is 1. The van der Waals surface area contributed by atoms with Gasteiger partial charge in [-0.05, 0) is 19.9 Å². The Bertz CT molecular complexity index is 455. The van der Waals surface area contributed by atoms with Gasteiger partial charge in [-0.25, -0.2) is 0 Å². The molecule has 0 aliphatic heterocycles. The Kier molecular flexibility index (Phi) is 8.93. The number of benzene rings is 1. The van der Waals surface area contributed by atoms with Crippen LogP contribution in [0.2, 0.25) is 15.1 Å². The highest BCUT2D eigenvalue weighted by atomic mass is 35.5. The minimum absolute atomic E-state index is 0.155. The maximum absolute atomic E-state index is 10.4. The summed E-state index contributed by atoms with van der Waals surface area (Å²) >= 11 is 17.2. The van der Waals surface area contributed by atoms with Gasteiger partial charge in [0.05, 0.1) is 27.6 Å². The van der Waals surface area contributed by atoms with E-state index in [0.29, 0.717) is 0 Å². The van der Waals surface area contributed by atoms with Gasteiger partial charge in [0.2, 0.25) is 0 Å². The molecule has 0 amide bonds. The quantitative estimate of drug-likeness (QED) is 0.788. The first kappa shape index (κ1) is 19.3. The third kappa shape index (κ3) is 7.17. The molecule has 0 saturated heterocycles. The summed E-state index contributed by atoms with van der Waals surface area (Å²) in [6, 6.07) is 2.92. The molecule has 0 aliphatic rings. The van der Waals surface area contributed by atoms with Gasteiger partial charge < -0.3 is 25.5 Å². The van der Waals surface area contributed by atoms with E-state index in [0.717, 1.165) is 0 Å². The molecule has 2 atom stereocenters. The van der Waals surface area contributed by atoms with Crippen LogP contribution in [0, 0.1) is 0 Å². The molecular formula is C12H16Cl3NO4. The highest BCUT2D eigenvalue weighted by molar-refractivity contribution is 6.43. The SMILES string of the molecule is CC(Oc1cc(Cl)c(Cl)cc1Cl)C(=O)[O-].CC([NH3+])CO. The Labute approximate surface area is 132 Å². The average molecular weight is 345 g/mol. The number of aliphatic hydroxyl groups excluding tert-OH is 1. The molecule has 0 aliphatic carbocycles.